The van der Waals surface area contributed by atoms with Gasteiger partial charge in [0.1, 0.15) is 11.4 Å². The summed E-state index contributed by atoms with van der Waals surface area (Å²) in [4.78, 5) is 26.1. The van der Waals surface area contributed by atoms with E-state index in [4.69, 9.17) is 16.3 Å². The summed E-state index contributed by atoms with van der Waals surface area (Å²) in [6.45, 7) is 0. The maximum atomic E-state index is 12.5. The molecule has 0 saturated heterocycles. The van der Waals surface area contributed by atoms with Crippen molar-refractivity contribution in [1.29, 1.82) is 0 Å². The molecule has 2 aromatic rings. The van der Waals surface area contributed by atoms with E-state index in [1.165, 1.54) is 14.2 Å². The van der Waals surface area contributed by atoms with Crippen LogP contribution >= 0.6 is 11.6 Å². The fraction of sp³-hybridized carbons (Fsp3) is 0.111. The van der Waals surface area contributed by atoms with Crippen molar-refractivity contribution in [3.8, 4) is 5.75 Å². The first-order valence-corrected chi connectivity index (χ1v) is 7.63. The Hall–Kier alpha value is -2.79. The molecule has 2 aromatic carbocycles. The molecule has 5 nitrogen and oxygen atoms in total. The van der Waals surface area contributed by atoms with Gasteiger partial charge in [-0.15, -0.1) is 0 Å². The first-order chi connectivity index (χ1) is 11.5. The largest absolute Gasteiger partial charge is 0.495 e. The van der Waals surface area contributed by atoms with Crippen LogP contribution in [0.15, 0.2) is 54.2 Å². The topological polar surface area (TPSA) is 58.6 Å². The van der Waals surface area contributed by atoms with E-state index in [-0.39, 0.29) is 11.6 Å². The summed E-state index contributed by atoms with van der Waals surface area (Å²) >= 11 is 6.03. The molecule has 1 N–H and O–H groups in total. The lowest BCUT2D eigenvalue weighted by Crippen LogP contribution is -2.27. The Labute approximate surface area is 144 Å². The number of likely N-dealkylation sites (N-methyl/N-ethyl adjacent to an activating group) is 1. The van der Waals surface area contributed by atoms with Gasteiger partial charge in [-0.2, -0.15) is 0 Å². The number of ether oxygens (including phenoxy) is 1. The molecule has 0 unspecified atom stereocenters. The number of anilines is 1. The summed E-state index contributed by atoms with van der Waals surface area (Å²) in [5, 5.41) is 3.51. The van der Waals surface area contributed by atoms with Crippen LogP contribution in [-0.4, -0.2) is 30.9 Å². The number of carbonyl (C=O) groups excluding carboxylic acids is 2. The summed E-state index contributed by atoms with van der Waals surface area (Å²) < 4.78 is 5.29. The number of halogens is 1. The van der Waals surface area contributed by atoms with Crippen molar-refractivity contribution in [1.82, 2.24) is 4.90 Å². The second kappa shape index (κ2) is 6.37. The van der Waals surface area contributed by atoms with Crippen molar-refractivity contribution >= 4 is 34.7 Å². The lowest BCUT2D eigenvalue weighted by molar-refractivity contribution is -0.135. The minimum Gasteiger partial charge on any atom is -0.495 e. The molecule has 1 aliphatic rings. The smallest absolute Gasteiger partial charge is 0.277 e. The molecular formula is C18H15ClN2O3. The number of methoxy groups -OCH3 is 1. The average molecular weight is 343 g/mol. The van der Waals surface area contributed by atoms with Crippen molar-refractivity contribution < 1.29 is 14.3 Å². The fourth-order valence-corrected chi connectivity index (χ4v) is 2.71. The van der Waals surface area contributed by atoms with Crippen LogP contribution in [-0.2, 0) is 9.59 Å². The van der Waals surface area contributed by atoms with E-state index in [0.29, 0.717) is 27.6 Å². The molecule has 2 amide bonds. The van der Waals surface area contributed by atoms with Crippen LogP contribution in [0.4, 0.5) is 5.69 Å². The standard InChI is InChI=1S/C18H15ClN2O3/c1-21-17(22)15(11-6-4-3-5-7-11)16(18(21)23)20-13-10-12(19)8-9-14(13)24-2/h3-10,20H,1-2H3. The van der Waals surface area contributed by atoms with Crippen LogP contribution in [0, 0.1) is 0 Å². The van der Waals surface area contributed by atoms with Crippen molar-refractivity contribution in [2.45, 2.75) is 0 Å². The summed E-state index contributed by atoms with van der Waals surface area (Å²) in [6.07, 6.45) is 0. The van der Waals surface area contributed by atoms with E-state index in [0.717, 1.165) is 4.90 Å². The minimum atomic E-state index is -0.402. The van der Waals surface area contributed by atoms with Crippen LogP contribution < -0.4 is 10.1 Å². The molecule has 122 valence electrons. The number of benzene rings is 2. The molecule has 1 aliphatic heterocycles. The predicted octanol–water partition coefficient (Wildman–Crippen LogP) is 3.17. The van der Waals surface area contributed by atoms with Crippen LogP contribution in [0.1, 0.15) is 5.56 Å². The third-order valence-corrected chi connectivity index (χ3v) is 4.01. The van der Waals surface area contributed by atoms with E-state index in [2.05, 4.69) is 5.32 Å². The van der Waals surface area contributed by atoms with Crippen LogP contribution in [0.25, 0.3) is 5.57 Å². The zero-order valence-corrected chi connectivity index (χ0v) is 13.9. The zero-order chi connectivity index (χ0) is 17.3. The third kappa shape index (κ3) is 2.74. The summed E-state index contributed by atoms with van der Waals surface area (Å²) in [7, 11) is 2.98. The Morgan fingerprint density at radius 3 is 2.42 bits per heavy atom. The normalized spacial score (nSPS) is 14.4. The highest BCUT2D eigenvalue weighted by Crippen LogP contribution is 2.34. The highest BCUT2D eigenvalue weighted by atomic mass is 35.5. The number of amides is 2. The molecule has 3 rings (SSSR count). The molecule has 0 saturated carbocycles. The third-order valence-electron chi connectivity index (χ3n) is 3.77. The van der Waals surface area contributed by atoms with Crippen LogP contribution in [0.3, 0.4) is 0 Å². The van der Waals surface area contributed by atoms with Gasteiger partial charge < -0.3 is 10.1 Å². The van der Waals surface area contributed by atoms with Crippen molar-refractivity contribution in [3.63, 3.8) is 0 Å². The molecule has 0 aromatic heterocycles. The van der Waals surface area contributed by atoms with Gasteiger partial charge in [-0.1, -0.05) is 41.9 Å². The zero-order valence-electron chi connectivity index (χ0n) is 13.2. The predicted molar refractivity (Wildman–Crippen MR) is 92.8 cm³/mol. The fourth-order valence-electron chi connectivity index (χ4n) is 2.54. The summed E-state index contributed by atoms with van der Waals surface area (Å²) in [5.41, 5.74) is 1.72. The number of imide groups is 1. The number of nitrogens with zero attached hydrogens (tertiary/aromatic N) is 1. The van der Waals surface area contributed by atoms with Crippen molar-refractivity contribution in [3.05, 3.63) is 64.8 Å². The highest BCUT2D eigenvalue weighted by molar-refractivity contribution is 6.36. The highest BCUT2D eigenvalue weighted by Gasteiger charge is 2.37. The minimum absolute atomic E-state index is 0.203. The van der Waals surface area contributed by atoms with Crippen LogP contribution in [0.2, 0.25) is 5.02 Å². The molecule has 0 atom stereocenters. The molecule has 24 heavy (non-hydrogen) atoms. The average Bonchev–Trinajstić information content (AvgIpc) is 2.80. The summed E-state index contributed by atoms with van der Waals surface area (Å²) in [5.74, 6) is -0.232. The lowest BCUT2D eigenvalue weighted by atomic mass is 10.0. The molecule has 0 spiro atoms. The van der Waals surface area contributed by atoms with Gasteiger partial charge in [-0.25, -0.2) is 0 Å². The number of nitrogens with one attached hydrogen (secondary N) is 1. The molecule has 0 radical (unpaired) electrons. The van der Waals surface area contributed by atoms with E-state index in [9.17, 15) is 9.59 Å². The van der Waals surface area contributed by atoms with Gasteiger partial charge in [-0.05, 0) is 23.8 Å². The maximum Gasteiger partial charge on any atom is 0.277 e. The Balaban J connectivity index is 2.12. The van der Waals surface area contributed by atoms with Gasteiger partial charge >= 0.3 is 0 Å². The number of carbonyl (C=O) groups is 2. The Morgan fingerprint density at radius 2 is 1.75 bits per heavy atom. The second-order valence-corrected chi connectivity index (χ2v) is 5.69. The van der Waals surface area contributed by atoms with E-state index in [1.54, 1.807) is 30.3 Å². The molecular weight excluding hydrogens is 328 g/mol. The van der Waals surface area contributed by atoms with Crippen molar-refractivity contribution in [2.24, 2.45) is 0 Å². The molecule has 0 bridgehead atoms. The summed E-state index contributed by atoms with van der Waals surface area (Å²) in [6, 6.07) is 14.1. The molecule has 1 heterocycles. The molecule has 0 aliphatic carbocycles. The molecule has 0 fully saturated rings. The number of hydrogen-bond acceptors (Lipinski definition) is 4. The van der Waals surface area contributed by atoms with Gasteiger partial charge in [0.15, 0.2) is 0 Å². The second-order valence-electron chi connectivity index (χ2n) is 5.25. The van der Waals surface area contributed by atoms with Gasteiger partial charge in [0.05, 0.1) is 18.4 Å². The first kappa shape index (κ1) is 16.1. The quantitative estimate of drug-likeness (QED) is 0.867. The number of hydrogen-bond donors (Lipinski definition) is 1. The number of rotatable bonds is 4. The van der Waals surface area contributed by atoms with Crippen LogP contribution in [0.5, 0.6) is 5.75 Å². The van der Waals surface area contributed by atoms with E-state index >= 15 is 0 Å². The Morgan fingerprint density at radius 1 is 1.04 bits per heavy atom. The SMILES string of the molecule is COc1ccc(Cl)cc1NC1=C(c2ccccc2)C(=O)N(C)C1=O. The van der Waals surface area contributed by atoms with Gasteiger partial charge in [-0.3, -0.25) is 14.5 Å². The monoisotopic (exact) mass is 342 g/mol. The first-order valence-electron chi connectivity index (χ1n) is 7.25. The van der Waals surface area contributed by atoms with Gasteiger partial charge in [0, 0.05) is 12.1 Å². The van der Waals surface area contributed by atoms with Gasteiger partial charge in [0.25, 0.3) is 11.8 Å². The van der Waals surface area contributed by atoms with E-state index < -0.39 is 5.91 Å². The van der Waals surface area contributed by atoms with Gasteiger partial charge in [0.2, 0.25) is 0 Å². The van der Waals surface area contributed by atoms with Crippen molar-refractivity contribution in [2.75, 3.05) is 19.5 Å². The maximum absolute atomic E-state index is 12.5. The lowest BCUT2D eigenvalue weighted by Gasteiger charge is -2.13. The molecule has 6 heteroatoms. The van der Waals surface area contributed by atoms with E-state index in [1.807, 2.05) is 18.2 Å². The Kier molecular flexibility index (Phi) is 4.27. The Bertz CT molecular complexity index is 847.